The van der Waals surface area contributed by atoms with Crippen molar-refractivity contribution < 1.29 is 52.1 Å². The van der Waals surface area contributed by atoms with Gasteiger partial charge in [-0.3, -0.25) is 0 Å². The van der Waals surface area contributed by atoms with Crippen molar-refractivity contribution in [1.29, 1.82) is 5.26 Å². The Labute approximate surface area is 142 Å². The van der Waals surface area contributed by atoms with Crippen molar-refractivity contribution >= 4 is 9.47 Å². The Morgan fingerprint density at radius 1 is 1.50 bits per heavy atom. The summed E-state index contributed by atoms with van der Waals surface area (Å²) in [6, 6.07) is 2.01. The number of rotatable bonds is 3. The van der Waals surface area contributed by atoms with Crippen molar-refractivity contribution in [3.05, 3.63) is 46.2 Å². The molecule has 0 amide bonds. The predicted octanol–water partition coefficient (Wildman–Crippen LogP) is 0.629. The largest absolute Gasteiger partial charge is 0 e. The molecule has 0 aromatic carbocycles. The molecule has 0 N–H and O–H groups in total. The molecule has 0 spiro atoms. The van der Waals surface area contributed by atoms with Crippen LogP contribution in [0, 0.1) is 31.8 Å². The summed E-state index contributed by atoms with van der Waals surface area (Å²) in [5, 5.41) is 8.62. The molecule has 89 valence electrons. The molecule has 0 bridgehead atoms. The summed E-state index contributed by atoms with van der Waals surface area (Å²) < 4.78 is 0.610. The van der Waals surface area contributed by atoms with Crippen LogP contribution in [0.2, 0.25) is 0 Å². The Hall–Kier alpha value is -0.488. The first-order valence-electron chi connectivity index (χ1n) is 4.73. The van der Waals surface area contributed by atoms with Crippen molar-refractivity contribution in [2.75, 3.05) is 0 Å². The summed E-state index contributed by atoms with van der Waals surface area (Å²) >= 11 is 1.06. The fourth-order valence-electron chi connectivity index (χ4n) is 1.17. The van der Waals surface area contributed by atoms with Crippen LogP contribution in [0.5, 0.6) is 0 Å². The molecule has 0 aliphatic rings. The molecule has 4 nitrogen and oxygen atoms in total. The number of nitriles is 1. The number of hydrogen-bond acceptors (Lipinski definition) is 3. The maximum Gasteiger partial charge on any atom is 0 e. The zero-order valence-corrected chi connectivity index (χ0v) is 15.7. The molecule has 1 radical (unpaired) electrons. The van der Waals surface area contributed by atoms with Gasteiger partial charge in [-0.15, -0.1) is 0 Å². The molecule has 0 unspecified atom stereocenters. The van der Waals surface area contributed by atoms with Crippen LogP contribution in [0.3, 0.4) is 0 Å². The normalized spacial score (nSPS) is 9.61. The first kappa shape index (κ1) is 17.5. The van der Waals surface area contributed by atoms with Crippen LogP contribution < -0.4 is 10.5 Å². The Balaban J connectivity index is 0.00000289. The van der Waals surface area contributed by atoms with E-state index in [-0.39, 0.29) is 38.3 Å². The van der Waals surface area contributed by atoms with Crippen LogP contribution in [0.4, 0.5) is 0 Å². The van der Waals surface area contributed by atoms with E-state index in [0.29, 0.717) is 26.6 Å². The van der Waals surface area contributed by atoms with E-state index in [9.17, 15) is 4.79 Å². The van der Waals surface area contributed by atoms with Gasteiger partial charge in [0.05, 0.1) is 0 Å². The van der Waals surface area contributed by atoms with Crippen LogP contribution >= 0.6 is 0 Å². The van der Waals surface area contributed by atoms with Crippen molar-refractivity contribution in [3.63, 3.8) is 0 Å². The van der Waals surface area contributed by atoms with E-state index in [0.717, 1.165) is 19.4 Å². The molecule has 1 heterocycles. The van der Waals surface area contributed by atoms with Crippen LogP contribution in [0.1, 0.15) is 17.1 Å². The Kier molecular flexibility index (Phi) is 7.63. The molecule has 0 aliphatic heterocycles. The molecule has 0 saturated carbocycles. The molecule has 0 fully saturated rings. The van der Waals surface area contributed by atoms with Crippen molar-refractivity contribution in [2.24, 2.45) is 0 Å². The Morgan fingerprint density at radius 2 is 2.11 bits per heavy atom. The Bertz CT molecular complexity index is 611. The molecule has 0 aliphatic carbocycles. The minimum atomic E-state index is -0.324. The summed E-state index contributed by atoms with van der Waals surface area (Å²) in [7, 11) is 0. The van der Waals surface area contributed by atoms with Gasteiger partial charge >= 0.3 is 110 Å². The van der Waals surface area contributed by atoms with Crippen LogP contribution in [0.15, 0.2) is 16.9 Å². The molecule has 6 heteroatoms. The number of aromatic nitrogens is 2. The number of hydrogen-bond donors (Lipinski definition) is 0. The van der Waals surface area contributed by atoms with Crippen LogP contribution in [-0.2, 0) is 52.1 Å². The molecule has 18 heavy (non-hydrogen) atoms. The van der Waals surface area contributed by atoms with Crippen LogP contribution in [0.25, 0.3) is 5.57 Å². The van der Waals surface area contributed by atoms with Crippen molar-refractivity contribution in [3.8, 4) is 6.07 Å². The van der Waals surface area contributed by atoms with Gasteiger partial charge in [0, 0.05) is 32.7 Å². The van der Waals surface area contributed by atoms with Gasteiger partial charge in [0.15, 0.2) is 0 Å². The van der Waals surface area contributed by atoms with E-state index in [1.807, 2.05) is 6.07 Å². The van der Waals surface area contributed by atoms with Gasteiger partial charge in [-0.1, -0.05) is 0 Å². The molecule has 1 rings (SSSR count). The summed E-state index contributed by atoms with van der Waals surface area (Å²) in [5.74, 6) is 0.388. The third kappa shape index (κ3) is 4.65. The van der Waals surface area contributed by atoms with E-state index < -0.39 is 0 Å². The summed E-state index contributed by atoms with van der Waals surface area (Å²) in [6.45, 7) is 9.09. The minimum Gasteiger partial charge on any atom is 0 e. The van der Waals surface area contributed by atoms with E-state index in [1.165, 1.54) is 0 Å². The molecular formula is C12H9N3OWY-2. The summed E-state index contributed by atoms with van der Waals surface area (Å²) in [5.41, 5.74) is 0.883. The number of allylic oxidation sites excluding steroid dienone is 3. The monoisotopic (exact) mass is 484 g/mol. The Morgan fingerprint density at radius 3 is 2.67 bits per heavy atom. The predicted molar refractivity (Wildman–Crippen MR) is 60.8 cm³/mol. The van der Waals surface area contributed by atoms with Gasteiger partial charge in [-0.05, 0) is 0 Å². The number of aryl methyl sites for hydroxylation is 1. The van der Waals surface area contributed by atoms with Gasteiger partial charge in [0.25, 0.3) is 0 Å². The molecule has 1 aromatic heterocycles. The topological polar surface area (TPSA) is 67.8 Å². The second kappa shape index (κ2) is 7.84. The van der Waals surface area contributed by atoms with E-state index >= 15 is 0 Å². The maximum absolute atomic E-state index is 11.5. The summed E-state index contributed by atoms with van der Waals surface area (Å²) in [4.78, 5) is 19.3. The van der Waals surface area contributed by atoms with Crippen molar-refractivity contribution in [1.82, 2.24) is 9.97 Å². The molecule has 0 saturated heterocycles. The van der Waals surface area contributed by atoms with E-state index in [1.54, 1.807) is 26.0 Å². The average Bonchev–Trinajstić information content (AvgIpc) is 2.30. The third-order valence-corrected chi connectivity index (χ3v) is 2.83. The van der Waals surface area contributed by atoms with Gasteiger partial charge in [-0.2, -0.15) is 0 Å². The van der Waals surface area contributed by atoms with Gasteiger partial charge in [-0.25, -0.2) is 0 Å². The van der Waals surface area contributed by atoms with Crippen LogP contribution in [-0.4, -0.2) is 8.88 Å². The van der Waals surface area contributed by atoms with Gasteiger partial charge < -0.3 is 0 Å². The fraction of sp³-hybridized carbons (Fsp3) is 0.167. The second-order valence-corrected chi connectivity index (χ2v) is 4.89. The number of nitrogens with zero attached hydrogens (tertiary/aromatic N) is 3. The summed E-state index contributed by atoms with van der Waals surface area (Å²) in [6.07, 6.45) is 3.20. The van der Waals surface area contributed by atoms with Gasteiger partial charge in [0.1, 0.15) is 0 Å². The third-order valence-electron chi connectivity index (χ3n) is 2.01. The van der Waals surface area contributed by atoms with Crippen molar-refractivity contribution in [2.45, 2.75) is 13.8 Å². The minimum absolute atomic E-state index is 0. The zero-order chi connectivity index (χ0) is 13.0. The zero-order valence-electron chi connectivity index (χ0n) is 9.97. The maximum atomic E-state index is 11.5. The quantitative estimate of drug-likeness (QED) is 0.467. The smallest absolute Gasteiger partial charge is 0 e. The SMILES string of the molecule is [CH-]=C(C=C[C](=[W])C#N)c1nc(C)[n-]c(=O)c1C.[Y]. The standard InChI is InChI=1S/C12H10N3O.W.Y/c1-8(6-4-5-7-13)11-9(2)12(16)15-10(3)14-11;;/h1,4,6H,2-3H3,(H,14,15,16);;/q-1;;/p-1. The fourth-order valence-corrected chi connectivity index (χ4v) is 1.41. The molecule has 1 aromatic rings. The first-order valence-corrected chi connectivity index (χ1v) is 6.19. The second-order valence-electron chi connectivity index (χ2n) is 3.31. The average molecular weight is 484 g/mol. The van der Waals surface area contributed by atoms with E-state index in [2.05, 4.69) is 9.97 Å². The molecular weight excluding hydrogens is 475 g/mol. The van der Waals surface area contributed by atoms with Gasteiger partial charge in [0.2, 0.25) is 0 Å². The van der Waals surface area contributed by atoms with E-state index in [4.69, 9.17) is 11.8 Å². The first-order chi connectivity index (χ1) is 7.95. The molecule has 0 atom stereocenters.